The summed E-state index contributed by atoms with van der Waals surface area (Å²) in [7, 11) is 0. The number of nitrogens with one attached hydrogen (secondary N) is 1. The highest BCUT2D eigenvalue weighted by molar-refractivity contribution is 14.1. The number of amides is 1. The number of hydrogen-bond donors (Lipinski definition) is 1. The van der Waals surface area contributed by atoms with E-state index in [9.17, 15) is 9.59 Å². The molecule has 0 saturated carbocycles. The third-order valence-electron chi connectivity index (χ3n) is 5.74. The molecule has 0 spiro atoms. The molecule has 0 bridgehead atoms. The van der Waals surface area contributed by atoms with E-state index >= 15 is 0 Å². The number of ether oxygens (including phenoxy) is 3. The van der Waals surface area contributed by atoms with Crippen molar-refractivity contribution in [3.63, 3.8) is 0 Å². The van der Waals surface area contributed by atoms with E-state index in [1.54, 1.807) is 0 Å². The molecule has 1 atom stereocenters. The second kappa shape index (κ2) is 14.0. The van der Waals surface area contributed by atoms with Gasteiger partial charge in [0.2, 0.25) is 0 Å². The van der Waals surface area contributed by atoms with E-state index in [1.165, 1.54) is 0 Å². The van der Waals surface area contributed by atoms with Crippen molar-refractivity contribution >= 4 is 85.5 Å². The van der Waals surface area contributed by atoms with Gasteiger partial charge in [0, 0.05) is 30.3 Å². The van der Waals surface area contributed by atoms with E-state index in [0.717, 1.165) is 61.2 Å². The summed E-state index contributed by atoms with van der Waals surface area (Å²) in [5.41, 5.74) is 1.23. The van der Waals surface area contributed by atoms with Crippen molar-refractivity contribution in [1.29, 1.82) is 0 Å². The number of nitrogens with zero attached hydrogens (tertiary/aromatic N) is 1. The predicted octanol–water partition coefficient (Wildman–Crippen LogP) is 5.68. The lowest BCUT2D eigenvalue weighted by molar-refractivity contribution is -0.149. The highest BCUT2D eigenvalue weighted by atomic mass is 127. The number of hydrogen-bond acceptors (Lipinski definition) is 6. The van der Waals surface area contributed by atoms with Crippen LogP contribution in [-0.2, 0) is 25.4 Å². The van der Waals surface area contributed by atoms with E-state index in [0.29, 0.717) is 19.4 Å². The molecule has 1 amide bonds. The monoisotopic (exact) mass is 798 g/mol. The van der Waals surface area contributed by atoms with E-state index in [1.807, 2.05) is 33.8 Å². The number of benzene rings is 1. The van der Waals surface area contributed by atoms with Gasteiger partial charge in [-0.25, -0.2) is 4.79 Å². The molecule has 7 nitrogen and oxygen atoms in total. The van der Waals surface area contributed by atoms with Gasteiger partial charge in [-0.15, -0.1) is 0 Å². The molecule has 186 valence electrons. The fourth-order valence-electron chi connectivity index (χ4n) is 3.24. The first-order valence-corrected chi connectivity index (χ1v) is 14.4. The first-order chi connectivity index (χ1) is 15.6. The molecular weight excluding hydrogens is 765 g/mol. The van der Waals surface area contributed by atoms with Crippen LogP contribution in [0.2, 0.25) is 0 Å². The third-order valence-corrected chi connectivity index (χ3v) is 8.75. The first-order valence-electron chi connectivity index (χ1n) is 11.2. The molecule has 1 aromatic carbocycles. The zero-order valence-electron chi connectivity index (χ0n) is 19.6. The zero-order valence-corrected chi connectivity index (χ0v) is 26.1. The summed E-state index contributed by atoms with van der Waals surface area (Å²) in [6.07, 6.45) is 1.49. The molecule has 1 saturated heterocycles. The molecule has 1 N–H and O–H groups in total. The maximum atomic E-state index is 12.8. The molecule has 0 aromatic heterocycles. The molecule has 1 aliphatic heterocycles. The third kappa shape index (κ3) is 9.22. The second-order valence-corrected chi connectivity index (χ2v) is 12.0. The Balaban J connectivity index is 2.06. The van der Waals surface area contributed by atoms with Crippen LogP contribution in [0.3, 0.4) is 0 Å². The van der Waals surface area contributed by atoms with Crippen molar-refractivity contribution in [2.45, 2.75) is 52.6 Å². The Kier molecular flexibility index (Phi) is 12.4. The summed E-state index contributed by atoms with van der Waals surface area (Å²) in [4.78, 5) is 27.5. The number of carbonyl (C=O) groups is 2. The summed E-state index contributed by atoms with van der Waals surface area (Å²) in [5.74, 6) is -0.412. The minimum atomic E-state index is -0.536. The molecular formula is C23H33I3N2O5. The highest BCUT2D eigenvalue weighted by Crippen LogP contribution is 2.34. The van der Waals surface area contributed by atoms with Gasteiger partial charge in [0.1, 0.15) is 12.2 Å². The molecule has 1 fully saturated rings. The maximum absolute atomic E-state index is 12.8. The van der Waals surface area contributed by atoms with Crippen LogP contribution in [-0.4, -0.2) is 62.0 Å². The Hall–Kier alpha value is 0.0700. The van der Waals surface area contributed by atoms with E-state index in [-0.39, 0.29) is 11.9 Å². The molecule has 1 aliphatic rings. The normalized spacial score (nSPS) is 15.7. The van der Waals surface area contributed by atoms with Crippen molar-refractivity contribution in [2.75, 3.05) is 44.8 Å². The zero-order chi connectivity index (χ0) is 24.6. The number of anilines is 1. The average molecular weight is 798 g/mol. The fourth-order valence-corrected chi connectivity index (χ4v) is 7.32. The molecule has 33 heavy (non-hydrogen) atoms. The number of carbonyl (C=O) groups excluding carboxylic acids is 2. The van der Waals surface area contributed by atoms with Crippen molar-refractivity contribution in [2.24, 2.45) is 5.92 Å². The lowest BCUT2D eigenvalue weighted by Gasteiger charge is -2.26. The summed E-state index contributed by atoms with van der Waals surface area (Å²) in [6, 6.07) is 2.02. The summed E-state index contributed by atoms with van der Waals surface area (Å²) >= 11 is 6.77. The van der Waals surface area contributed by atoms with Crippen molar-refractivity contribution in [3.8, 4) is 0 Å². The van der Waals surface area contributed by atoms with Gasteiger partial charge in [-0.3, -0.25) is 15.0 Å². The number of esters is 1. The topological polar surface area (TPSA) is 77.1 Å². The smallest absolute Gasteiger partial charge is 0.412 e. The van der Waals surface area contributed by atoms with Crippen LogP contribution in [0, 0.1) is 16.6 Å². The van der Waals surface area contributed by atoms with Gasteiger partial charge in [0.15, 0.2) is 0 Å². The number of halogens is 3. The second-order valence-electron chi connectivity index (χ2n) is 8.57. The van der Waals surface area contributed by atoms with Crippen LogP contribution in [0.4, 0.5) is 10.5 Å². The van der Waals surface area contributed by atoms with Gasteiger partial charge in [0.25, 0.3) is 0 Å². The van der Waals surface area contributed by atoms with Crippen LogP contribution < -0.4 is 5.32 Å². The predicted molar refractivity (Wildman–Crippen MR) is 155 cm³/mol. The largest absolute Gasteiger partial charge is 0.464 e. The lowest BCUT2D eigenvalue weighted by Crippen LogP contribution is -2.38. The van der Waals surface area contributed by atoms with Gasteiger partial charge >= 0.3 is 12.1 Å². The fraction of sp³-hybridized carbons (Fsp3) is 0.652. The van der Waals surface area contributed by atoms with Crippen LogP contribution in [0.25, 0.3) is 0 Å². The van der Waals surface area contributed by atoms with Crippen LogP contribution in [0.5, 0.6) is 0 Å². The molecule has 0 aliphatic carbocycles. The Labute approximate surface area is 237 Å². The Morgan fingerprint density at radius 1 is 1.18 bits per heavy atom. The van der Waals surface area contributed by atoms with Gasteiger partial charge < -0.3 is 14.2 Å². The molecule has 1 unspecified atom stereocenters. The molecule has 2 rings (SSSR count). The summed E-state index contributed by atoms with van der Waals surface area (Å²) in [6.45, 7) is 12.1. The Bertz CT molecular complexity index is 829. The molecule has 1 heterocycles. The minimum absolute atomic E-state index is 0.172. The quantitative estimate of drug-likeness (QED) is 0.243. The van der Waals surface area contributed by atoms with Gasteiger partial charge in [-0.1, -0.05) is 13.8 Å². The van der Waals surface area contributed by atoms with Gasteiger partial charge in [-0.2, -0.15) is 0 Å². The van der Waals surface area contributed by atoms with E-state index in [2.05, 4.69) is 78.0 Å². The van der Waals surface area contributed by atoms with Crippen molar-refractivity contribution in [3.05, 3.63) is 22.3 Å². The SMILES string of the molecule is CCC(Cc1c(I)cc(I)c(NC(=O)OC(C)(C)CC)c1I)C(=O)OCCN1CCOCC1. The maximum Gasteiger partial charge on any atom is 0.412 e. The Morgan fingerprint density at radius 3 is 2.45 bits per heavy atom. The van der Waals surface area contributed by atoms with Crippen molar-refractivity contribution < 1.29 is 23.8 Å². The lowest BCUT2D eigenvalue weighted by atomic mass is 9.96. The van der Waals surface area contributed by atoms with Gasteiger partial charge in [0.05, 0.1) is 24.8 Å². The molecule has 10 heteroatoms. The number of rotatable bonds is 10. The van der Waals surface area contributed by atoms with Crippen LogP contribution in [0.1, 0.15) is 46.1 Å². The molecule has 0 radical (unpaired) electrons. The minimum Gasteiger partial charge on any atom is -0.464 e. The van der Waals surface area contributed by atoms with E-state index in [4.69, 9.17) is 14.2 Å². The summed E-state index contributed by atoms with van der Waals surface area (Å²) < 4.78 is 19.5. The van der Waals surface area contributed by atoms with E-state index < -0.39 is 11.7 Å². The van der Waals surface area contributed by atoms with Gasteiger partial charge in [-0.05, 0) is 113 Å². The Morgan fingerprint density at radius 2 is 1.85 bits per heavy atom. The first kappa shape index (κ1) is 29.3. The van der Waals surface area contributed by atoms with Crippen molar-refractivity contribution in [1.82, 2.24) is 4.90 Å². The standard InChI is InChI=1S/C23H33I3N2O5/c1-5-15(21(29)32-12-9-28-7-10-31-11-8-28)13-16-17(24)14-18(25)20(19(16)26)27-22(30)33-23(3,4)6-2/h14-15H,5-13H2,1-4H3,(H,27,30). The molecule has 1 aromatic rings. The summed E-state index contributed by atoms with van der Waals surface area (Å²) in [5, 5.41) is 2.92. The highest BCUT2D eigenvalue weighted by Gasteiger charge is 2.26. The van der Waals surface area contributed by atoms with Crippen LogP contribution in [0.15, 0.2) is 6.07 Å². The van der Waals surface area contributed by atoms with Crippen LogP contribution >= 0.6 is 67.8 Å². The average Bonchev–Trinajstić information content (AvgIpc) is 2.77. The number of morpholine rings is 1.